The van der Waals surface area contributed by atoms with Crippen molar-refractivity contribution in [3.05, 3.63) is 0 Å². The molecule has 1 aliphatic carbocycles. The molecule has 0 amide bonds. The summed E-state index contributed by atoms with van der Waals surface area (Å²) >= 11 is 0. The molecule has 0 bridgehead atoms. The molecule has 96 valence electrons. The van der Waals surface area contributed by atoms with E-state index in [1.807, 2.05) is 6.92 Å². The molecule has 1 fully saturated rings. The number of hydrogen-bond acceptors (Lipinski definition) is 4. The molecular weight excluding hydrogens is 226 g/mol. The molecule has 0 saturated heterocycles. The fraction of sp³-hybridized carbons (Fsp3) is 1.00. The molecule has 0 spiro atoms. The van der Waals surface area contributed by atoms with Crippen LogP contribution in [-0.4, -0.2) is 46.7 Å². The van der Waals surface area contributed by atoms with Crippen LogP contribution >= 0.6 is 0 Å². The Labute approximate surface area is 98.7 Å². The molecule has 0 radical (unpaired) electrons. The lowest BCUT2D eigenvalue weighted by Gasteiger charge is -2.19. The van der Waals surface area contributed by atoms with Crippen molar-refractivity contribution in [2.24, 2.45) is 5.41 Å². The molecule has 1 saturated carbocycles. The van der Waals surface area contributed by atoms with Gasteiger partial charge in [-0.05, 0) is 31.6 Å². The van der Waals surface area contributed by atoms with Crippen LogP contribution < -0.4 is 5.32 Å². The molecule has 1 N–H and O–H groups in total. The van der Waals surface area contributed by atoms with E-state index in [4.69, 9.17) is 4.74 Å². The zero-order valence-electron chi connectivity index (χ0n) is 10.5. The van der Waals surface area contributed by atoms with E-state index in [-0.39, 0.29) is 11.8 Å². The molecule has 1 atom stereocenters. The van der Waals surface area contributed by atoms with Crippen LogP contribution in [0.3, 0.4) is 0 Å². The highest BCUT2D eigenvalue weighted by atomic mass is 32.2. The third kappa shape index (κ3) is 5.27. The number of ether oxygens (including phenoxy) is 1. The third-order valence-corrected chi connectivity index (χ3v) is 4.28. The van der Waals surface area contributed by atoms with E-state index in [9.17, 15) is 8.42 Å². The Bertz CT molecular complexity index is 309. The van der Waals surface area contributed by atoms with Crippen LogP contribution in [0.15, 0.2) is 0 Å². The summed E-state index contributed by atoms with van der Waals surface area (Å²) in [4.78, 5) is 0. The lowest BCUT2D eigenvalue weighted by atomic mass is 10.0. The molecule has 0 heterocycles. The number of methoxy groups -OCH3 is 1. The topological polar surface area (TPSA) is 55.4 Å². The van der Waals surface area contributed by atoms with Gasteiger partial charge in [0.25, 0.3) is 0 Å². The van der Waals surface area contributed by atoms with Crippen LogP contribution in [0, 0.1) is 5.41 Å². The second-order valence-corrected chi connectivity index (χ2v) is 7.30. The Kier molecular flexibility index (Phi) is 4.76. The minimum atomic E-state index is -2.87. The summed E-state index contributed by atoms with van der Waals surface area (Å²) < 4.78 is 27.3. The average Bonchev–Trinajstić information content (AvgIpc) is 2.90. The molecular formula is C11H23NO3S. The largest absolute Gasteiger partial charge is 0.385 e. The van der Waals surface area contributed by atoms with Crippen molar-refractivity contribution in [3.8, 4) is 0 Å². The zero-order chi connectivity index (χ0) is 12.2. The Morgan fingerprint density at radius 3 is 2.50 bits per heavy atom. The van der Waals surface area contributed by atoms with Gasteiger partial charge >= 0.3 is 0 Å². The standard InChI is InChI=1S/C11H23NO3S/c1-10(8-16(3,13)14)12-9-11(4-5-11)6-7-15-2/h10,12H,4-9H2,1-3H3. The van der Waals surface area contributed by atoms with Crippen molar-refractivity contribution in [2.75, 3.05) is 32.3 Å². The lowest BCUT2D eigenvalue weighted by Crippen LogP contribution is -2.37. The molecule has 0 aromatic heterocycles. The van der Waals surface area contributed by atoms with E-state index < -0.39 is 9.84 Å². The van der Waals surface area contributed by atoms with Crippen molar-refractivity contribution in [3.63, 3.8) is 0 Å². The van der Waals surface area contributed by atoms with Crippen LogP contribution in [0.4, 0.5) is 0 Å². The first-order chi connectivity index (χ1) is 7.37. The van der Waals surface area contributed by atoms with E-state index in [1.165, 1.54) is 19.1 Å². The third-order valence-electron chi connectivity index (χ3n) is 3.17. The first-order valence-corrected chi connectivity index (χ1v) is 7.83. The zero-order valence-corrected chi connectivity index (χ0v) is 11.3. The highest BCUT2D eigenvalue weighted by Gasteiger charge is 2.41. The minimum absolute atomic E-state index is 0.0371. The Morgan fingerprint density at radius 2 is 2.06 bits per heavy atom. The summed E-state index contributed by atoms with van der Waals surface area (Å²) in [7, 11) is -1.16. The second kappa shape index (κ2) is 5.47. The van der Waals surface area contributed by atoms with Crippen molar-refractivity contribution in [2.45, 2.75) is 32.2 Å². The number of hydrogen-bond donors (Lipinski definition) is 1. The van der Waals surface area contributed by atoms with Gasteiger partial charge in [0.05, 0.1) is 5.75 Å². The molecule has 0 aromatic carbocycles. The van der Waals surface area contributed by atoms with E-state index >= 15 is 0 Å². The van der Waals surface area contributed by atoms with Gasteiger partial charge < -0.3 is 10.1 Å². The predicted octanol–water partition coefficient (Wildman–Crippen LogP) is 0.826. The maximum Gasteiger partial charge on any atom is 0.148 e. The SMILES string of the molecule is COCCC1(CNC(C)CS(C)(=O)=O)CC1. The van der Waals surface area contributed by atoms with E-state index in [0.29, 0.717) is 5.41 Å². The van der Waals surface area contributed by atoms with Gasteiger partial charge in [0.1, 0.15) is 9.84 Å². The van der Waals surface area contributed by atoms with Crippen molar-refractivity contribution >= 4 is 9.84 Å². The molecule has 16 heavy (non-hydrogen) atoms. The fourth-order valence-corrected chi connectivity index (χ4v) is 2.94. The molecule has 1 unspecified atom stereocenters. The Balaban J connectivity index is 2.24. The van der Waals surface area contributed by atoms with Crippen LogP contribution in [0.2, 0.25) is 0 Å². The maximum atomic E-state index is 11.1. The molecule has 4 nitrogen and oxygen atoms in total. The van der Waals surface area contributed by atoms with Gasteiger partial charge in [0.15, 0.2) is 0 Å². The quantitative estimate of drug-likeness (QED) is 0.692. The first-order valence-electron chi connectivity index (χ1n) is 5.77. The van der Waals surface area contributed by atoms with E-state index in [2.05, 4.69) is 5.32 Å². The smallest absolute Gasteiger partial charge is 0.148 e. The first kappa shape index (κ1) is 13.9. The van der Waals surface area contributed by atoms with Gasteiger partial charge in [-0.15, -0.1) is 0 Å². The van der Waals surface area contributed by atoms with Crippen LogP contribution in [0.1, 0.15) is 26.2 Å². The van der Waals surface area contributed by atoms with Gasteiger partial charge in [-0.1, -0.05) is 0 Å². The summed E-state index contributed by atoms with van der Waals surface area (Å²) in [5, 5.41) is 3.32. The summed E-state index contributed by atoms with van der Waals surface area (Å²) in [6.07, 6.45) is 4.81. The fourth-order valence-electron chi connectivity index (χ4n) is 1.91. The molecule has 1 aliphatic rings. The summed E-state index contributed by atoms with van der Waals surface area (Å²) in [6.45, 7) is 3.63. The molecule has 0 aromatic rings. The van der Waals surface area contributed by atoms with Crippen molar-refractivity contribution < 1.29 is 13.2 Å². The van der Waals surface area contributed by atoms with Crippen LogP contribution in [0.25, 0.3) is 0 Å². The molecule has 5 heteroatoms. The van der Waals surface area contributed by atoms with E-state index in [1.54, 1.807) is 7.11 Å². The predicted molar refractivity (Wildman–Crippen MR) is 65.3 cm³/mol. The average molecular weight is 249 g/mol. The Morgan fingerprint density at radius 1 is 1.44 bits per heavy atom. The summed E-state index contributed by atoms with van der Waals surface area (Å²) in [5.74, 6) is 0.216. The summed E-state index contributed by atoms with van der Waals surface area (Å²) in [6, 6.07) is 0.0371. The number of nitrogens with one attached hydrogen (secondary N) is 1. The van der Waals surface area contributed by atoms with E-state index in [0.717, 1.165) is 19.6 Å². The lowest BCUT2D eigenvalue weighted by molar-refractivity contribution is 0.170. The molecule has 1 rings (SSSR count). The van der Waals surface area contributed by atoms with Gasteiger partial charge in [-0.25, -0.2) is 8.42 Å². The van der Waals surface area contributed by atoms with Crippen molar-refractivity contribution in [1.29, 1.82) is 0 Å². The second-order valence-electron chi connectivity index (χ2n) is 5.12. The normalized spacial score (nSPS) is 20.7. The highest BCUT2D eigenvalue weighted by molar-refractivity contribution is 7.90. The summed E-state index contributed by atoms with van der Waals surface area (Å²) in [5.41, 5.74) is 0.377. The van der Waals surface area contributed by atoms with Gasteiger partial charge in [-0.3, -0.25) is 0 Å². The van der Waals surface area contributed by atoms with Crippen molar-refractivity contribution in [1.82, 2.24) is 5.32 Å². The monoisotopic (exact) mass is 249 g/mol. The van der Waals surface area contributed by atoms with Gasteiger partial charge in [0, 0.05) is 32.6 Å². The minimum Gasteiger partial charge on any atom is -0.385 e. The van der Waals surface area contributed by atoms with Crippen LogP contribution in [-0.2, 0) is 14.6 Å². The maximum absolute atomic E-state index is 11.1. The van der Waals surface area contributed by atoms with Gasteiger partial charge in [0.2, 0.25) is 0 Å². The number of sulfone groups is 1. The number of rotatable bonds is 8. The Hall–Kier alpha value is -0.130. The van der Waals surface area contributed by atoms with Crippen LogP contribution in [0.5, 0.6) is 0 Å². The molecule has 0 aliphatic heterocycles. The highest BCUT2D eigenvalue weighted by Crippen LogP contribution is 2.48. The van der Waals surface area contributed by atoms with Gasteiger partial charge in [-0.2, -0.15) is 0 Å².